The number of carbonyl (C=O) groups excluding carboxylic acids is 1. The second kappa shape index (κ2) is 8.03. The van der Waals surface area contributed by atoms with E-state index in [-0.39, 0.29) is 5.91 Å². The minimum absolute atomic E-state index is 0.317. The topological polar surface area (TPSA) is 65.7 Å². The van der Waals surface area contributed by atoms with Crippen LogP contribution in [0.4, 0.5) is 0 Å². The van der Waals surface area contributed by atoms with Gasteiger partial charge < -0.3 is 14.0 Å². The summed E-state index contributed by atoms with van der Waals surface area (Å²) in [6.07, 6.45) is 1.60. The molecule has 2 aromatic rings. The zero-order valence-electron chi connectivity index (χ0n) is 13.8. The molecular weight excluding hydrogens is 314 g/mol. The van der Waals surface area contributed by atoms with E-state index in [0.717, 1.165) is 10.6 Å². The maximum absolute atomic E-state index is 12.5. The lowest BCUT2D eigenvalue weighted by molar-refractivity contribution is 0.0992. The van der Waals surface area contributed by atoms with E-state index in [1.54, 1.807) is 25.4 Å². The van der Waals surface area contributed by atoms with Crippen LogP contribution in [0.2, 0.25) is 0 Å². The monoisotopic (exact) mass is 335 g/mol. The van der Waals surface area contributed by atoms with E-state index in [1.165, 1.54) is 11.3 Å². The predicted molar refractivity (Wildman–Crippen MR) is 89.0 cm³/mol. The van der Waals surface area contributed by atoms with Crippen LogP contribution in [0.15, 0.2) is 23.3 Å². The number of hydrogen-bond acceptors (Lipinski definition) is 5. The van der Waals surface area contributed by atoms with E-state index in [2.05, 4.69) is 9.98 Å². The van der Waals surface area contributed by atoms with Gasteiger partial charge in [0.05, 0.1) is 13.2 Å². The Labute approximate surface area is 139 Å². The summed E-state index contributed by atoms with van der Waals surface area (Å²) in [6.45, 7) is 7.55. The number of hydrogen-bond donors (Lipinski definition) is 0. The van der Waals surface area contributed by atoms with Gasteiger partial charge in [-0.3, -0.25) is 4.79 Å². The first-order chi connectivity index (χ1) is 11.1. The molecule has 2 rings (SSSR count). The zero-order chi connectivity index (χ0) is 16.8. The average molecular weight is 335 g/mol. The third-order valence-electron chi connectivity index (χ3n) is 3.39. The van der Waals surface area contributed by atoms with Crippen molar-refractivity contribution in [3.05, 3.63) is 39.3 Å². The lowest BCUT2D eigenvalue weighted by Crippen LogP contribution is -2.21. The van der Waals surface area contributed by atoms with E-state index in [1.807, 2.05) is 25.3 Å². The van der Waals surface area contributed by atoms with E-state index in [9.17, 15) is 4.79 Å². The molecule has 0 saturated heterocycles. The summed E-state index contributed by atoms with van der Waals surface area (Å²) >= 11 is 1.49. The Kier molecular flexibility index (Phi) is 6.06. The van der Waals surface area contributed by atoms with Crippen molar-refractivity contribution in [3.8, 4) is 5.88 Å². The van der Waals surface area contributed by atoms with Gasteiger partial charge in [-0.25, -0.2) is 4.98 Å². The fraction of sp³-hybridized carbons (Fsp3) is 0.438. The van der Waals surface area contributed by atoms with Gasteiger partial charge in [-0.1, -0.05) is 0 Å². The van der Waals surface area contributed by atoms with Gasteiger partial charge in [-0.2, -0.15) is 4.99 Å². The number of methoxy groups -OCH3 is 1. The van der Waals surface area contributed by atoms with Crippen LogP contribution in [0.1, 0.15) is 27.9 Å². The van der Waals surface area contributed by atoms with Crippen molar-refractivity contribution in [2.45, 2.75) is 27.3 Å². The molecule has 0 aromatic carbocycles. The normalized spacial score (nSPS) is 11.7. The summed E-state index contributed by atoms with van der Waals surface area (Å²) in [5, 5.41) is 0. The highest BCUT2D eigenvalue weighted by Gasteiger charge is 2.14. The van der Waals surface area contributed by atoms with Gasteiger partial charge in [-0.05, 0) is 32.9 Å². The molecule has 0 radical (unpaired) electrons. The molecule has 0 unspecified atom stereocenters. The number of aromatic nitrogens is 2. The first-order valence-electron chi connectivity index (χ1n) is 7.41. The molecule has 124 valence electrons. The summed E-state index contributed by atoms with van der Waals surface area (Å²) in [7, 11) is 1.65. The van der Waals surface area contributed by atoms with Crippen LogP contribution < -0.4 is 9.54 Å². The van der Waals surface area contributed by atoms with Crippen LogP contribution in [0.5, 0.6) is 5.88 Å². The summed E-state index contributed by atoms with van der Waals surface area (Å²) in [4.78, 5) is 22.7. The van der Waals surface area contributed by atoms with Crippen molar-refractivity contribution >= 4 is 17.2 Å². The Bertz CT molecular complexity index is 749. The first kappa shape index (κ1) is 17.4. The summed E-state index contributed by atoms with van der Waals surface area (Å²) in [5.41, 5.74) is 1.46. The van der Waals surface area contributed by atoms with Crippen molar-refractivity contribution in [2.75, 3.05) is 20.3 Å². The molecule has 0 N–H and O–H groups in total. The Hall–Kier alpha value is -1.99. The van der Waals surface area contributed by atoms with Gasteiger partial charge in [-0.15, -0.1) is 11.3 Å². The Morgan fingerprint density at radius 2 is 2.22 bits per heavy atom. The molecule has 2 heterocycles. The summed E-state index contributed by atoms with van der Waals surface area (Å²) in [5.74, 6) is -0.0360. The van der Waals surface area contributed by atoms with Crippen molar-refractivity contribution in [1.82, 2.24) is 9.55 Å². The first-order valence-corrected chi connectivity index (χ1v) is 8.22. The highest BCUT2D eigenvalue weighted by Crippen LogP contribution is 2.16. The highest BCUT2D eigenvalue weighted by molar-refractivity contribution is 7.09. The average Bonchev–Trinajstić information content (AvgIpc) is 2.80. The van der Waals surface area contributed by atoms with Crippen LogP contribution in [-0.4, -0.2) is 35.8 Å². The zero-order valence-corrected chi connectivity index (χ0v) is 14.6. The van der Waals surface area contributed by atoms with Crippen molar-refractivity contribution in [1.29, 1.82) is 0 Å². The lowest BCUT2D eigenvalue weighted by Gasteiger charge is -2.06. The molecule has 0 spiro atoms. The highest BCUT2D eigenvalue weighted by atomic mass is 32.1. The van der Waals surface area contributed by atoms with Gasteiger partial charge in [0.25, 0.3) is 5.91 Å². The van der Waals surface area contributed by atoms with E-state index in [4.69, 9.17) is 9.47 Å². The van der Waals surface area contributed by atoms with Gasteiger partial charge in [0.15, 0.2) is 4.80 Å². The molecular formula is C16H21N3O3S. The van der Waals surface area contributed by atoms with Crippen LogP contribution in [0.3, 0.4) is 0 Å². The lowest BCUT2D eigenvalue weighted by atomic mass is 10.2. The number of amides is 1. The summed E-state index contributed by atoms with van der Waals surface area (Å²) in [6, 6.07) is 3.38. The Balaban J connectivity index is 2.42. The van der Waals surface area contributed by atoms with Crippen LogP contribution >= 0.6 is 11.3 Å². The van der Waals surface area contributed by atoms with Crippen molar-refractivity contribution < 1.29 is 14.3 Å². The molecule has 23 heavy (non-hydrogen) atoms. The second-order valence-electron chi connectivity index (χ2n) is 4.88. The fourth-order valence-corrected chi connectivity index (χ4v) is 3.08. The molecule has 0 aliphatic carbocycles. The maximum atomic E-state index is 12.5. The molecule has 0 aliphatic heterocycles. The molecule has 1 amide bonds. The smallest absolute Gasteiger partial charge is 0.285 e. The van der Waals surface area contributed by atoms with Crippen LogP contribution in [0, 0.1) is 13.8 Å². The van der Waals surface area contributed by atoms with E-state index in [0.29, 0.717) is 36.0 Å². The molecule has 2 aromatic heterocycles. The fourth-order valence-electron chi connectivity index (χ4n) is 2.08. The van der Waals surface area contributed by atoms with Crippen molar-refractivity contribution in [2.24, 2.45) is 4.99 Å². The molecule has 0 aliphatic rings. The number of aryl methyl sites for hydroxylation is 1. The second-order valence-corrected chi connectivity index (χ2v) is 6.06. The third kappa shape index (κ3) is 4.05. The predicted octanol–water partition coefficient (Wildman–Crippen LogP) is 2.35. The number of rotatable bonds is 6. The third-order valence-corrected chi connectivity index (χ3v) is 4.48. The van der Waals surface area contributed by atoms with E-state index >= 15 is 0 Å². The maximum Gasteiger partial charge on any atom is 0.285 e. The van der Waals surface area contributed by atoms with Gasteiger partial charge in [0.1, 0.15) is 5.56 Å². The molecule has 6 nitrogen and oxygen atoms in total. The van der Waals surface area contributed by atoms with Gasteiger partial charge in [0, 0.05) is 30.4 Å². The molecule has 0 bridgehead atoms. The van der Waals surface area contributed by atoms with Gasteiger partial charge in [0.2, 0.25) is 5.88 Å². The number of nitrogens with zero attached hydrogens (tertiary/aromatic N) is 3. The van der Waals surface area contributed by atoms with Crippen LogP contribution in [0.25, 0.3) is 0 Å². The molecule has 0 saturated carbocycles. The minimum atomic E-state index is -0.353. The molecule has 0 fully saturated rings. The standard InChI is InChI=1S/C16H21N3O3S/c1-5-22-15-13(7-6-8-17-15)14(20)18-16-19(9-10-21-4)11(2)12(3)23-16/h6-8H,5,9-10H2,1-4H3/b18-16-. The van der Waals surface area contributed by atoms with Gasteiger partial charge >= 0.3 is 0 Å². The number of pyridine rings is 1. The van der Waals surface area contributed by atoms with Crippen molar-refractivity contribution in [3.63, 3.8) is 0 Å². The molecule has 0 atom stereocenters. The number of ether oxygens (including phenoxy) is 2. The SMILES string of the molecule is CCOc1ncccc1C(=O)/N=c1\sc(C)c(C)n1CCOC. The minimum Gasteiger partial charge on any atom is -0.477 e. The Morgan fingerprint density at radius 1 is 1.43 bits per heavy atom. The number of carbonyl (C=O) groups is 1. The number of thiazole rings is 1. The quantitative estimate of drug-likeness (QED) is 0.813. The van der Waals surface area contributed by atoms with E-state index < -0.39 is 0 Å². The van der Waals surface area contributed by atoms with Crippen LogP contribution in [-0.2, 0) is 11.3 Å². The largest absolute Gasteiger partial charge is 0.477 e. The Morgan fingerprint density at radius 3 is 2.91 bits per heavy atom. The summed E-state index contributed by atoms with van der Waals surface area (Å²) < 4.78 is 12.5. The molecule has 7 heteroatoms.